The molecule has 0 saturated heterocycles. The van der Waals surface area contributed by atoms with Crippen LogP contribution >= 0.6 is 0 Å². The second-order valence-electron chi connectivity index (χ2n) is 2.68. The molecule has 0 fully saturated rings. The first-order chi connectivity index (χ1) is 6.77. The third-order valence-electron chi connectivity index (χ3n) is 1.50. The van der Waals surface area contributed by atoms with E-state index in [1.165, 1.54) is 6.20 Å². The number of aromatic nitrogens is 2. The summed E-state index contributed by atoms with van der Waals surface area (Å²) >= 11 is 0. The topological polar surface area (TPSA) is 88.0 Å². The van der Waals surface area contributed by atoms with Crippen molar-refractivity contribution in [3.8, 4) is 6.07 Å². The van der Waals surface area contributed by atoms with Crippen LogP contribution in [0.1, 0.15) is 24.7 Å². The zero-order valence-corrected chi connectivity index (χ0v) is 7.94. The van der Waals surface area contributed by atoms with Crippen LogP contribution in [0.5, 0.6) is 0 Å². The molecule has 1 aromatic rings. The van der Waals surface area contributed by atoms with Crippen molar-refractivity contribution in [2.24, 2.45) is 4.99 Å². The van der Waals surface area contributed by atoms with E-state index < -0.39 is 0 Å². The Balaban J connectivity index is 2.82. The van der Waals surface area contributed by atoms with Gasteiger partial charge in [0.25, 0.3) is 0 Å². The lowest BCUT2D eigenvalue weighted by atomic mass is 10.4. The van der Waals surface area contributed by atoms with Crippen molar-refractivity contribution in [2.45, 2.75) is 13.3 Å². The van der Waals surface area contributed by atoms with Crippen LogP contribution in [-0.2, 0) is 0 Å². The molecule has 0 aliphatic heterocycles. The van der Waals surface area contributed by atoms with Crippen molar-refractivity contribution in [3.63, 3.8) is 0 Å². The molecule has 0 aliphatic carbocycles. The Morgan fingerprint density at radius 2 is 2.50 bits per heavy atom. The number of nitrogen functional groups attached to an aromatic ring is 1. The minimum absolute atomic E-state index is 0.146. The molecule has 72 valence electrons. The van der Waals surface area contributed by atoms with Crippen LogP contribution in [0.25, 0.3) is 0 Å². The zero-order chi connectivity index (χ0) is 10.4. The lowest BCUT2D eigenvalue weighted by Gasteiger charge is -1.96. The van der Waals surface area contributed by atoms with Crippen molar-refractivity contribution in [1.82, 2.24) is 9.97 Å². The normalized spacial score (nSPS) is 10.3. The number of hydrogen-bond donors (Lipinski definition) is 1. The van der Waals surface area contributed by atoms with Crippen LogP contribution in [0.3, 0.4) is 0 Å². The molecule has 0 aliphatic rings. The first-order valence-corrected chi connectivity index (χ1v) is 4.30. The van der Waals surface area contributed by atoms with Gasteiger partial charge in [0.05, 0.1) is 6.20 Å². The predicted molar refractivity (Wildman–Crippen MR) is 53.9 cm³/mol. The van der Waals surface area contributed by atoms with Gasteiger partial charge in [0.15, 0.2) is 11.5 Å². The quantitative estimate of drug-likeness (QED) is 0.711. The summed E-state index contributed by atoms with van der Waals surface area (Å²) in [6.45, 7) is 2.79. The molecule has 0 saturated carbocycles. The lowest BCUT2D eigenvalue weighted by Crippen LogP contribution is -2.01. The molecule has 1 heterocycles. The van der Waals surface area contributed by atoms with E-state index in [-0.39, 0.29) is 11.5 Å². The summed E-state index contributed by atoms with van der Waals surface area (Å²) in [5.74, 6) is 0.146. The molecule has 5 heteroatoms. The molecule has 0 aromatic carbocycles. The molecule has 14 heavy (non-hydrogen) atoms. The molecule has 2 N–H and O–H groups in total. The van der Waals surface area contributed by atoms with Crippen molar-refractivity contribution >= 4 is 12.0 Å². The first-order valence-electron chi connectivity index (χ1n) is 4.30. The summed E-state index contributed by atoms with van der Waals surface area (Å²) in [5.41, 5.74) is 6.21. The molecule has 0 radical (unpaired) electrons. The fraction of sp³-hybridized carbons (Fsp3) is 0.333. The number of rotatable bonds is 3. The van der Waals surface area contributed by atoms with Crippen LogP contribution in [0.2, 0.25) is 0 Å². The van der Waals surface area contributed by atoms with E-state index >= 15 is 0 Å². The molecule has 0 amide bonds. The van der Waals surface area contributed by atoms with E-state index in [1.54, 1.807) is 6.21 Å². The summed E-state index contributed by atoms with van der Waals surface area (Å²) in [6.07, 6.45) is 4.07. The molecular formula is C9H11N5. The molecular weight excluding hydrogens is 178 g/mol. The Morgan fingerprint density at radius 3 is 3.07 bits per heavy atom. The summed E-state index contributed by atoms with van der Waals surface area (Å²) < 4.78 is 0. The largest absolute Gasteiger partial charge is 0.381 e. The van der Waals surface area contributed by atoms with Crippen molar-refractivity contribution in [1.29, 1.82) is 5.26 Å². The number of aliphatic imine (C=N–C) groups is 1. The Hall–Kier alpha value is -1.96. The van der Waals surface area contributed by atoms with Gasteiger partial charge in [-0.15, -0.1) is 0 Å². The van der Waals surface area contributed by atoms with Crippen LogP contribution in [0, 0.1) is 11.3 Å². The Kier molecular flexibility index (Phi) is 3.56. The van der Waals surface area contributed by atoms with Gasteiger partial charge in [-0.05, 0) is 6.42 Å². The third-order valence-corrected chi connectivity index (χ3v) is 1.50. The van der Waals surface area contributed by atoms with E-state index in [4.69, 9.17) is 11.0 Å². The van der Waals surface area contributed by atoms with Gasteiger partial charge in [0.1, 0.15) is 11.8 Å². The highest BCUT2D eigenvalue weighted by Crippen LogP contribution is 2.02. The highest BCUT2D eigenvalue weighted by Gasteiger charge is 2.00. The monoisotopic (exact) mass is 189 g/mol. The highest BCUT2D eigenvalue weighted by molar-refractivity contribution is 5.77. The van der Waals surface area contributed by atoms with Crippen LogP contribution in [0.4, 0.5) is 5.82 Å². The molecule has 1 rings (SSSR count). The smallest absolute Gasteiger partial charge is 0.182 e. The number of hydrogen-bond acceptors (Lipinski definition) is 5. The van der Waals surface area contributed by atoms with Crippen molar-refractivity contribution in [2.75, 3.05) is 12.3 Å². The third kappa shape index (κ3) is 2.52. The maximum Gasteiger partial charge on any atom is 0.182 e. The van der Waals surface area contributed by atoms with Gasteiger partial charge in [0.2, 0.25) is 0 Å². The second kappa shape index (κ2) is 4.92. The highest BCUT2D eigenvalue weighted by atomic mass is 14.9. The van der Waals surface area contributed by atoms with E-state index in [2.05, 4.69) is 15.0 Å². The maximum atomic E-state index is 8.56. The predicted octanol–water partition coefficient (Wildman–Crippen LogP) is 0.759. The Morgan fingerprint density at radius 1 is 1.71 bits per heavy atom. The van der Waals surface area contributed by atoms with Gasteiger partial charge >= 0.3 is 0 Å². The maximum absolute atomic E-state index is 8.56. The average molecular weight is 189 g/mol. The summed E-state index contributed by atoms with van der Waals surface area (Å²) in [6, 6.07) is 1.85. The van der Waals surface area contributed by atoms with Gasteiger partial charge < -0.3 is 5.73 Å². The van der Waals surface area contributed by atoms with Gasteiger partial charge in [0, 0.05) is 12.8 Å². The van der Waals surface area contributed by atoms with Gasteiger partial charge in [-0.1, -0.05) is 6.92 Å². The summed E-state index contributed by atoms with van der Waals surface area (Å²) in [4.78, 5) is 11.9. The molecule has 0 atom stereocenters. The van der Waals surface area contributed by atoms with E-state index in [0.29, 0.717) is 5.69 Å². The minimum Gasteiger partial charge on any atom is -0.381 e. The first kappa shape index (κ1) is 10.1. The summed E-state index contributed by atoms with van der Waals surface area (Å²) in [5, 5.41) is 8.56. The van der Waals surface area contributed by atoms with Gasteiger partial charge in [-0.2, -0.15) is 5.26 Å². The van der Waals surface area contributed by atoms with Crippen LogP contribution < -0.4 is 5.73 Å². The molecule has 0 unspecified atom stereocenters. The molecule has 1 aromatic heterocycles. The molecule has 0 bridgehead atoms. The fourth-order valence-electron chi connectivity index (χ4n) is 0.853. The SMILES string of the molecule is CCCN=Cc1cnc(C#N)c(N)n1. The standard InChI is InChI=1S/C9H11N5/c1-2-3-12-5-7-6-13-8(4-10)9(11)14-7/h5-6H,2-3H2,1H3,(H2,11,14). The van der Waals surface area contributed by atoms with Gasteiger partial charge in [-0.25, -0.2) is 9.97 Å². The Bertz CT molecular complexity index is 377. The zero-order valence-electron chi connectivity index (χ0n) is 7.94. The van der Waals surface area contributed by atoms with Crippen LogP contribution in [0.15, 0.2) is 11.2 Å². The number of nitrogens with zero attached hydrogens (tertiary/aromatic N) is 4. The van der Waals surface area contributed by atoms with E-state index in [9.17, 15) is 0 Å². The number of nitriles is 1. The average Bonchev–Trinajstić information content (AvgIpc) is 2.18. The lowest BCUT2D eigenvalue weighted by molar-refractivity contribution is 0.935. The van der Waals surface area contributed by atoms with E-state index in [0.717, 1.165) is 13.0 Å². The second-order valence-corrected chi connectivity index (χ2v) is 2.68. The van der Waals surface area contributed by atoms with Crippen molar-refractivity contribution < 1.29 is 0 Å². The summed E-state index contributed by atoms with van der Waals surface area (Å²) in [7, 11) is 0. The fourth-order valence-corrected chi connectivity index (χ4v) is 0.853. The molecule has 5 nitrogen and oxygen atoms in total. The van der Waals surface area contributed by atoms with Crippen molar-refractivity contribution in [3.05, 3.63) is 17.6 Å². The van der Waals surface area contributed by atoms with E-state index in [1.807, 2.05) is 13.0 Å². The minimum atomic E-state index is 0.146. The van der Waals surface area contributed by atoms with Gasteiger partial charge in [-0.3, -0.25) is 4.99 Å². The number of anilines is 1. The Labute approximate surface area is 82.3 Å². The van der Waals surface area contributed by atoms with Crippen LogP contribution in [-0.4, -0.2) is 22.7 Å². The molecule has 0 spiro atoms. The number of nitrogens with two attached hydrogens (primary N) is 1.